The Balaban J connectivity index is 2.17. The number of thiazole rings is 1. The van der Waals surface area contributed by atoms with E-state index in [9.17, 15) is 4.79 Å². The average molecular weight is 268 g/mol. The first-order valence-electron chi connectivity index (χ1n) is 5.80. The van der Waals surface area contributed by atoms with Crippen LogP contribution in [0.4, 0.5) is 0 Å². The van der Waals surface area contributed by atoms with E-state index in [2.05, 4.69) is 15.5 Å². The summed E-state index contributed by atoms with van der Waals surface area (Å²) >= 11 is 1.33. The number of hydrogen-bond acceptors (Lipinski definition) is 5. The first kappa shape index (κ1) is 12.8. The molecule has 0 spiro atoms. The van der Waals surface area contributed by atoms with Gasteiger partial charge >= 0.3 is 0 Å². The van der Waals surface area contributed by atoms with Crippen molar-refractivity contribution in [3.63, 3.8) is 0 Å². The first-order valence-corrected chi connectivity index (χ1v) is 6.62. The van der Waals surface area contributed by atoms with Crippen molar-refractivity contribution in [3.05, 3.63) is 16.1 Å². The number of amidine groups is 1. The summed E-state index contributed by atoms with van der Waals surface area (Å²) in [5.41, 5.74) is 5.01. The lowest BCUT2D eigenvalue weighted by molar-refractivity contribution is 0.0926. The zero-order valence-electron chi connectivity index (χ0n) is 10.1. The maximum atomic E-state index is 12.1. The quantitative estimate of drug-likeness (QED) is 0.332. The number of aryl methyl sites for hydroxylation is 1. The monoisotopic (exact) mass is 268 g/mol. The summed E-state index contributed by atoms with van der Waals surface area (Å²) < 4.78 is 0. The zero-order valence-corrected chi connectivity index (χ0v) is 11.0. The van der Waals surface area contributed by atoms with Crippen LogP contribution in [0.5, 0.6) is 0 Å². The van der Waals surface area contributed by atoms with Crippen LogP contribution in [0.25, 0.3) is 0 Å². The molecule has 0 aromatic carbocycles. The van der Waals surface area contributed by atoms with E-state index in [0.717, 1.165) is 17.8 Å². The van der Waals surface area contributed by atoms with Gasteiger partial charge in [0.1, 0.15) is 10.4 Å². The maximum Gasteiger partial charge on any atom is 0.263 e. The molecule has 4 N–H and O–H groups in total. The fourth-order valence-electron chi connectivity index (χ4n) is 2.26. The lowest BCUT2D eigenvalue weighted by Crippen LogP contribution is -2.55. The van der Waals surface area contributed by atoms with Gasteiger partial charge in [0.2, 0.25) is 0 Å². The van der Waals surface area contributed by atoms with E-state index in [4.69, 9.17) is 10.9 Å². The van der Waals surface area contributed by atoms with Gasteiger partial charge in [0.25, 0.3) is 5.91 Å². The molecule has 0 bridgehead atoms. The number of nitrogens with two attached hydrogens (primary N) is 1. The Morgan fingerprint density at radius 3 is 2.78 bits per heavy atom. The number of aromatic nitrogens is 1. The molecule has 1 fully saturated rings. The van der Waals surface area contributed by atoms with Crippen molar-refractivity contribution in [2.24, 2.45) is 10.9 Å². The molecule has 1 aliphatic carbocycles. The lowest BCUT2D eigenvalue weighted by Gasteiger charge is -2.28. The molecule has 18 heavy (non-hydrogen) atoms. The van der Waals surface area contributed by atoms with Crippen molar-refractivity contribution in [1.82, 2.24) is 10.3 Å². The molecule has 2 rings (SSSR count). The largest absolute Gasteiger partial charge is 0.409 e. The van der Waals surface area contributed by atoms with Gasteiger partial charge in [-0.1, -0.05) is 18.0 Å². The van der Waals surface area contributed by atoms with Gasteiger partial charge in [0, 0.05) is 0 Å². The smallest absolute Gasteiger partial charge is 0.263 e. The highest BCUT2D eigenvalue weighted by molar-refractivity contribution is 7.13. The molecule has 1 heterocycles. The topological polar surface area (TPSA) is 101 Å². The van der Waals surface area contributed by atoms with E-state index in [1.54, 1.807) is 6.20 Å². The molecule has 0 saturated heterocycles. The number of hydrogen-bond donors (Lipinski definition) is 3. The summed E-state index contributed by atoms with van der Waals surface area (Å²) in [5.74, 6) is -0.135. The minimum Gasteiger partial charge on any atom is -0.409 e. The molecule has 0 radical (unpaired) electrons. The van der Waals surface area contributed by atoms with Gasteiger partial charge in [-0.25, -0.2) is 4.98 Å². The van der Waals surface area contributed by atoms with Crippen LogP contribution in [0.2, 0.25) is 0 Å². The van der Waals surface area contributed by atoms with Crippen LogP contribution in [-0.2, 0) is 0 Å². The van der Waals surface area contributed by atoms with Crippen molar-refractivity contribution in [2.75, 3.05) is 0 Å². The Bertz CT molecular complexity index is 477. The maximum absolute atomic E-state index is 12.1. The summed E-state index contributed by atoms with van der Waals surface area (Å²) in [5, 5.41) is 15.6. The second-order valence-corrected chi connectivity index (χ2v) is 5.71. The predicted octanol–water partition coefficient (Wildman–Crippen LogP) is 1.24. The molecule has 1 amide bonds. The fraction of sp³-hybridized carbons (Fsp3) is 0.545. The molecule has 7 heteroatoms. The van der Waals surface area contributed by atoms with E-state index in [0.29, 0.717) is 17.7 Å². The van der Waals surface area contributed by atoms with Crippen LogP contribution in [0.15, 0.2) is 11.4 Å². The van der Waals surface area contributed by atoms with Crippen LogP contribution in [0.1, 0.15) is 40.4 Å². The Hall–Kier alpha value is -1.63. The number of rotatable bonds is 3. The van der Waals surface area contributed by atoms with Gasteiger partial charge in [0.05, 0.1) is 11.2 Å². The minimum absolute atomic E-state index is 0.0783. The molecular formula is C11H16N4O2S. The molecular weight excluding hydrogens is 252 g/mol. The highest BCUT2D eigenvalue weighted by atomic mass is 32.1. The minimum atomic E-state index is -0.705. The van der Waals surface area contributed by atoms with Crippen molar-refractivity contribution >= 4 is 23.1 Å². The molecule has 0 unspecified atom stereocenters. The van der Waals surface area contributed by atoms with Crippen molar-refractivity contribution < 1.29 is 10.0 Å². The van der Waals surface area contributed by atoms with Gasteiger partial charge in [-0.15, -0.1) is 11.3 Å². The normalized spacial score (nSPS) is 18.8. The number of carbonyl (C=O) groups is 1. The van der Waals surface area contributed by atoms with E-state index in [1.165, 1.54) is 11.3 Å². The number of carbonyl (C=O) groups excluding carboxylic acids is 1. The molecule has 1 aliphatic rings. The van der Waals surface area contributed by atoms with Crippen LogP contribution in [0, 0.1) is 6.92 Å². The predicted molar refractivity (Wildman–Crippen MR) is 68.9 cm³/mol. The summed E-state index contributed by atoms with van der Waals surface area (Å²) in [7, 11) is 0. The summed E-state index contributed by atoms with van der Waals surface area (Å²) in [6.07, 6.45) is 4.86. The fourth-order valence-corrected chi connectivity index (χ4v) is 2.94. The van der Waals surface area contributed by atoms with Crippen LogP contribution < -0.4 is 11.1 Å². The first-order chi connectivity index (χ1) is 8.57. The van der Waals surface area contributed by atoms with Gasteiger partial charge < -0.3 is 16.3 Å². The van der Waals surface area contributed by atoms with Gasteiger partial charge in [-0.05, 0) is 19.8 Å². The summed E-state index contributed by atoms with van der Waals surface area (Å²) in [6.45, 7) is 1.84. The third kappa shape index (κ3) is 2.31. The molecule has 0 aliphatic heterocycles. The highest BCUT2D eigenvalue weighted by Crippen LogP contribution is 2.30. The lowest BCUT2D eigenvalue weighted by atomic mass is 9.96. The van der Waals surface area contributed by atoms with E-state index in [-0.39, 0.29) is 11.7 Å². The van der Waals surface area contributed by atoms with Crippen LogP contribution in [-0.4, -0.2) is 27.5 Å². The molecule has 98 valence electrons. The number of amides is 1. The molecule has 1 saturated carbocycles. The molecule has 1 aromatic heterocycles. The second-order valence-electron chi connectivity index (χ2n) is 4.47. The Kier molecular flexibility index (Phi) is 3.51. The zero-order chi connectivity index (χ0) is 13.2. The third-order valence-electron chi connectivity index (χ3n) is 3.25. The molecule has 0 atom stereocenters. The molecule has 6 nitrogen and oxygen atoms in total. The van der Waals surface area contributed by atoms with Crippen molar-refractivity contribution in [3.8, 4) is 0 Å². The Morgan fingerprint density at radius 2 is 2.28 bits per heavy atom. The van der Waals surface area contributed by atoms with Gasteiger partial charge in [0.15, 0.2) is 5.84 Å². The number of nitrogens with one attached hydrogen (secondary N) is 1. The van der Waals surface area contributed by atoms with E-state index in [1.807, 2.05) is 6.92 Å². The second kappa shape index (κ2) is 4.93. The molecule has 1 aromatic rings. The van der Waals surface area contributed by atoms with Crippen LogP contribution in [0.3, 0.4) is 0 Å². The third-order valence-corrected chi connectivity index (χ3v) is 4.16. The number of nitrogens with zero attached hydrogens (tertiary/aromatic N) is 2. The van der Waals surface area contributed by atoms with E-state index < -0.39 is 5.54 Å². The van der Waals surface area contributed by atoms with E-state index >= 15 is 0 Å². The van der Waals surface area contributed by atoms with Crippen molar-refractivity contribution in [2.45, 2.75) is 38.1 Å². The van der Waals surface area contributed by atoms with Crippen molar-refractivity contribution in [1.29, 1.82) is 0 Å². The van der Waals surface area contributed by atoms with Gasteiger partial charge in [-0.3, -0.25) is 4.79 Å². The summed E-state index contributed by atoms with van der Waals surface area (Å²) in [6, 6.07) is 0. The Labute approximate surface area is 109 Å². The SMILES string of the molecule is Cc1ncc(C(=O)NC2(/C(N)=N/O)CCCC2)s1. The number of oxime groups is 1. The standard InChI is InChI=1S/C11H16N4O2S/c1-7-13-6-8(18-7)9(16)14-11(10(12)15-17)4-2-3-5-11/h6,17H,2-5H2,1H3,(H2,12,15)(H,14,16). The average Bonchev–Trinajstić information content (AvgIpc) is 2.98. The van der Waals surface area contributed by atoms with Crippen LogP contribution >= 0.6 is 11.3 Å². The Morgan fingerprint density at radius 1 is 1.61 bits per heavy atom. The summed E-state index contributed by atoms with van der Waals surface area (Å²) in [4.78, 5) is 16.7. The highest BCUT2D eigenvalue weighted by Gasteiger charge is 2.40. The van der Waals surface area contributed by atoms with Gasteiger partial charge in [-0.2, -0.15) is 0 Å².